The van der Waals surface area contributed by atoms with Crippen molar-refractivity contribution in [2.75, 3.05) is 59.6 Å². The van der Waals surface area contributed by atoms with Gasteiger partial charge in [0.15, 0.2) is 0 Å². The molecule has 114 valence electrons. The molecular formula is C12H28N4O2S. The van der Waals surface area contributed by atoms with Crippen LogP contribution in [0, 0.1) is 0 Å². The van der Waals surface area contributed by atoms with Gasteiger partial charge in [-0.15, -0.1) is 0 Å². The van der Waals surface area contributed by atoms with E-state index >= 15 is 0 Å². The summed E-state index contributed by atoms with van der Waals surface area (Å²) in [5.74, 6) is 0.223. The van der Waals surface area contributed by atoms with Gasteiger partial charge in [-0.3, -0.25) is 4.90 Å². The van der Waals surface area contributed by atoms with Gasteiger partial charge in [-0.2, -0.15) is 0 Å². The zero-order chi connectivity index (χ0) is 14.3. The van der Waals surface area contributed by atoms with E-state index < -0.39 is 10.0 Å². The highest BCUT2D eigenvalue weighted by atomic mass is 32.2. The molecule has 1 rings (SSSR count). The van der Waals surface area contributed by atoms with Gasteiger partial charge in [-0.05, 0) is 40.5 Å². The van der Waals surface area contributed by atoms with Gasteiger partial charge in [-0.25, -0.2) is 13.1 Å². The van der Waals surface area contributed by atoms with Gasteiger partial charge in [0.1, 0.15) is 0 Å². The molecule has 1 aliphatic rings. The van der Waals surface area contributed by atoms with Gasteiger partial charge in [0.25, 0.3) is 0 Å². The molecule has 0 aliphatic carbocycles. The Morgan fingerprint density at radius 2 is 1.95 bits per heavy atom. The molecular weight excluding hydrogens is 264 g/mol. The van der Waals surface area contributed by atoms with Crippen LogP contribution in [-0.4, -0.2) is 83.9 Å². The lowest BCUT2D eigenvalue weighted by Crippen LogP contribution is -2.54. The van der Waals surface area contributed by atoms with Crippen LogP contribution in [0.4, 0.5) is 0 Å². The molecule has 1 heterocycles. The fraction of sp³-hybridized carbons (Fsp3) is 1.00. The first kappa shape index (κ1) is 16.8. The first-order valence-electron chi connectivity index (χ1n) is 6.95. The average Bonchev–Trinajstić information content (AvgIpc) is 2.36. The Morgan fingerprint density at radius 1 is 1.21 bits per heavy atom. The molecule has 0 spiro atoms. The van der Waals surface area contributed by atoms with Crippen molar-refractivity contribution in [2.24, 2.45) is 0 Å². The number of unbranched alkanes of at least 4 members (excludes halogenated alkanes) is 1. The molecule has 6 nitrogen and oxygen atoms in total. The smallest absolute Gasteiger partial charge is 0.211 e. The number of hydrogen-bond donors (Lipinski definition) is 2. The minimum atomic E-state index is -3.13. The summed E-state index contributed by atoms with van der Waals surface area (Å²) < 4.78 is 26.5. The number of sulfonamides is 1. The quantitative estimate of drug-likeness (QED) is 0.571. The first-order valence-corrected chi connectivity index (χ1v) is 8.60. The molecule has 1 aliphatic heterocycles. The molecule has 19 heavy (non-hydrogen) atoms. The van der Waals surface area contributed by atoms with E-state index in [0.717, 1.165) is 32.6 Å². The third-order valence-corrected chi connectivity index (χ3v) is 5.04. The number of nitrogens with one attached hydrogen (secondary N) is 2. The predicted molar refractivity (Wildman–Crippen MR) is 78.9 cm³/mol. The van der Waals surface area contributed by atoms with Crippen molar-refractivity contribution < 1.29 is 8.42 Å². The van der Waals surface area contributed by atoms with Gasteiger partial charge >= 0.3 is 0 Å². The second kappa shape index (κ2) is 8.16. The fourth-order valence-electron chi connectivity index (χ4n) is 2.21. The number of rotatable bonds is 8. The van der Waals surface area contributed by atoms with E-state index in [-0.39, 0.29) is 11.8 Å². The molecule has 0 aromatic carbocycles. The van der Waals surface area contributed by atoms with Gasteiger partial charge in [-0.1, -0.05) is 0 Å². The Kier molecular flexibility index (Phi) is 7.23. The van der Waals surface area contributed by atoms with E-state index in [2.05, 4.69) is 33.9 Å². The molecule has 0 amide bonds. The highest BCUT2D eigenvalue weighted by Crippen LogP contribution is 2.05. The highest BCUT2D eigenvalue weighted by molar-refractivity contribution is 7.89. The fourth-order valence-corrected chi connectivity index (χ4v) is 3.39. The maximum absolute atomic E-state index is 11.9. The van der Waals surface area contributed by atoms with Gasteiger partial charge < -0.3 is 10.2 Å². The molecule has 0 radical (unpaired) electrons. The van der Waals surface area contributed by atoms with E-state index in [0.29, 0.717) is 13.0 Å². The lowest BCUT2D eigenvalue weighted by atomic mass is 10.2. The molecule has 1 unspecified atom stereocenters. The van der Waals surface area contributed by atoms with Crippen LogP contribution in [0.2, 0.25) is 0 Å². The van der Waals surface area contributed by atoms with E-state index in [9.17, 15) is 8.42 Å². The largest absolute Gasteiger partial charge is 0.320 e. The van der Waals surface area contributed by atoms with Gasteiger partial charge in [0, 0.05) is 32.2 Å². The normalized spacial score (nSPS) is 22.8. The van der Waals surface area contributed by atoms with Gasteiger partial charge in [0.05, 0.1) is 5.75 Å². The zero-order valence-corrected chi connectivity index (χ0v) is 13.2. The van der Waals surface area contributed by atoms with Crippen molar-refractivity contribution in [3.63, 3.8) is 0 Å². The molecule has 1 saturated heterocycles. The number of piperazine rings is 1. The average molecular weight is 292 g/mol. The molecule has 7 heteroatoms. The van der Waals surface area contributed by atoms with Gasteiger partial charge in [0.2, 0.25) is 10.0 Å². The summed E-state index contributed by atoms with van der Waals surface area (Å²) in [5, 5.41) is 3.02. The van der Waals surface area contributed by atoms with Crippen molar-refractivity contribution in [3.8, 4) is 0 Å². The van der Waals surface area contributed by atoms with Crippen LogP contribution in [-0.2, 0) is 10.0 Å². The van der Waals surface area contributed by atoms with E-state index in [4.69, 9.17) is 0 Å². The second-order valence-electron chi connectivity index (χ2n) is 5.37. The van der Waals surface area contributed by atoms with E-state index in [1.54, 1.807) is 0 Å². The van der Waals surface area contributed by atoms with Crippen molar-refractivity contribution in [2.45, 2.75) is 18.9 Å². The van der Waals surface area contributed by atoms with Crippen molar-refractivity contribution >= 4 is 10.0 Å². The summed E-state index contributed by atoms with van der Waals surface area (Å²) in [6.07, 6.45) is 1.60. The molecule has 1 fully saturated rings. The lowest BCUT2D eigenvalue weighted by molar-refractivity contribution is 0.117. The second-order valence-corrected chi connectivity index (χ2v) is 7.30. The number of nitrogens with zero attached hydrogens (tertiary/aromatic N) is 2. The first-order chi connectivity index (χ1) is 8.94. The third-order valence-electron chi connectivity index (χ3n) is 3.61. The van der Waals surface area contributed by atoms with Crippen LogP contribution < -0.4 is 10.0 Å². The van der Waals surface area contributed by atoms with E-state index in [1.165, 1.54) is 0 Å². The summed E-state index contributed by atoms with van der Waals surface area (Å²) in [7, 11) is 2.88. The Hall–Kier alpha value is -0.210. The Balaban J connectivity index is 2.29. The van der Waals surface area contributed by atoms with Crippen LogP contribution in [0.25, 0.3) is 0 Å². The van der Waals surface area contributed by atoms with Crippen molar-refractivity contribution in [3.05, 3.63) is 0 Å². The molecule has 2 N–H and O–H groups in total. The number of hydrogen-bond acceptors (Lipinski definition) is 5. The number of likely N-dealkylation sites (N-methyl/N-ethyl adjacent to an activating group) is 2. The Morgan fingerprint density at radius 3 is 2.63 bits per heavy atom. The summed E-state index contributed by atoms with van der Waals surface area (Å²) in [6, 6.07) is 0.269. The maximum Gasteiger partial charge on any atom is 0.211 e. The minimum absolute atomic E-state index is 0.223. The molecule has 0 aromatic heterocycles. The highest BCUT2D eigenvalue weighted by Gasteiger charge is 2.23. The van der Waals surface area contributed by atoms with Crippen LogP contribution in [0.5, 0.6) is 0 Å². The Labute approximate surface area is 117 Å². The standard InChI is InChI=1S/C12H28N4O2S/c1-13-6-4-5-9-19(17,18)14-10-12-11-15(2)7-8-16(12)3/h12-14H,4-11H2,1-3H3. The molecule has 1 atom stereocenters. The third kappa shape index (κ3) is 6.67. The molecule has 0 aromatic rings. The van der Waals surface area contributed by atoms with Crippen LogP contribution in [0.15, 0.2) is 0 Å². The summed E-state index contributed by atoms with van der Waals surface area (Å²) in [6.45, 7) is 4.33. The van der Waals surface area contributed by atoms with E-state index in [1.807, 2.05) is 7.05 Å². The maximum atomic E-state index is 11.9. The predicted octanol–water partition coefficient (Wildman–Crippen LogP) is -0.849. The van der Waals surface area contributed by atoms with Crippen molar-refractivity contribution in [1.29, 1.82) is 0 Å². The van der Waals surface area contributed by atoms with Crippen LogP contribution in [0.3, 0.4) is 0 Å². The lowest BCUT2D eigenvalue weighted by Gasteiger charge is -2.37. The zero-order valence-electron chi connectivity index (χ0n) is 12.4. The molecule has 0 bridgehead atoms. The van der Waals surface area contributed by atoms with Crippen LogP contribution >= 0.6 is 0 Å². The SMILES string of the molecule is CNCCCCS(=O)(=O)NCC1CN(C)CCN1C. The Bertz CT molecular complexity index is 348. The minimum Gasteiger partial charge on any atom is -0.320 e. The monoisotopic (exact) mass is 292 g/mol. The summed E-state index contributed by atoms with van der Waals surface area (Å²) in [4.78, 5) is 4.47. The summed E-state index contributed by atoms with van der Waals surface area (Å²) >= 11 is 0. The topological polar surface area (TPSA) is 64.7 Å². The summed E-state index contributed by atoms with van der Waals surface area (Å²) in [5.41, 5.74) is 0. The van der Waals surface area contributed by atoms with Crippen LogP contribution in [0.1, 0.15) is 12.8 Å². The van der Waals surface area contributed by atoms with Crippen molar-refractivity contribution in [1.82, 2.24) is 19.8 Å². The molecule has 0 saturated carbocycles.